The number of hydrogen-bond acceptors (Lipinski definition) is 4. The Balaban J connectivity index is 1.55. The third-order valence-corrected chi connectivity index (χ3v) is 6.15. The van der Waals surface area contributed by atoms with E-state index in [0.717, 1.165) is 49.8 Å². The van der Waals surface area contributed by atoms with Crippen molar-refractivity contribution < 1.29 is 4.74 Å². The summed E-state index contributed by atoms with van der Waals surface area (Å²) in [5.41, 5.74) is 0.856. The summed E-state index contributed by atoms with van der Waals surface area (Å²) in [5.74, 6) is 1.86. The lowest BCUT2D eigenvalue weighted by atomic mass is 9.56. The monoisotopic (exact) mass is 372 g/mol. The van der Waals surface area contributed by atoms with Gasteiger partial charge in [-0.2, -0.15) is 0 Å². The molecule has 0 aromatic carbocycles. The number of aromatic nitrogens is 3. The zero-order valence-electron chi connectivity index (χ0n) is 17.1. The first kappa shape index (κ1) is 19.6. The minimum Gasteiger partial charge on any atom is -0.378 e. The second-order valence-corrected chi connectivity index (χ2v) is 7.97. The molecule has 0 bridgehead atoms. The van der Waals surface area contributed by atoms with Crippen molar-refractivity contribution in [2.45, 2.75) is 58.6 Å². The van der Waals surface area contributed by atoms with Crippen molar-refractivity contribution >= 4 is 11.6 Å². The number of aryl methyl sites for hydroxylation is 1. The number of nitrogens with one attached hydrogen (secondary N) is 2. The molecule has 0 aliphatic heterocycles. The molecule has 2 aromatic heterocycles. The highest BCUT2D eigenvalue weighted by Crippen LogP contribution is 2.51. The van der Waals surface area contributed by atoms with Gasteiger partial charge in [0, 0.05) is 44.3 Å². The van der Waals surface area contributed by atoms with Gasteiger partial charge >= 0.3 is 0 Å². The van der Waals surface area contributed by atoms with E-state index in [2.05, 4.69) is 48.5 Å². The van der Waals surface area contributed by atoms with E-state index in [9.17, 15) is 0 Å². The molecule has 7 heteroatoms. The third kappa shape index (κ3) is 3.78. The summed E-state index contributed by atoms with van der Waals surface area (Å²) in [6, 6.07) is 6.29. The van der Waals surface area contributed by atoms with Crippen LogP contribution in [0.15, 0.2) is 29.4 Å². The van der Waals surface area contributed by atoms with Gasteiger partial charge in [0.15, 0.2) is 11.6 Å². The highest BCUT2D eigenvalue weighted by Gasteiger charge is 2.58. The number of guanidine groups is 1. The molecule has 1 fully saturated rings. The van der Waals surface area contributed by atoms with Gasteiger partial charge in [-0.05, 0) is 38.8 Å². The lowest BCUT2D eigenvalue weighted by molar-refractivity contribution is -0.176. The van der Waals surface area contributed by atoms with Crippen molar-refractivity contribution in [1.82, 2.24) is 25.2 Å². The normalized spacial score (nSPS) is 24.6. The number of rotatable bonds is 7. The number of methoxy groups -OCH3 is 1. The molecular weight excluding hydrogens is 340 g/mol. The average Bonchev–Trinajstić information content (AvgIpc) is 3.07. The molecule has 148 valence electrons. The molecule has 27 heavy (non-hydrogen) atoms. The van der Waals surface area contributed by atoms with Gasteiger partial charge in [-0.25, -0.2) is 0 Å². The van der Waals surface area contributed by atoms with Crippen molar-refractivity contribution in [1.29, 1.82) is 0 Å². The number of pyridine rings is 1. The molecule has 0 saturated heterocycles. The van der Waals surface area contributed by atoms with Crippen LogP contribution in [0.25, 0.3) is 5.65 Å². The Morgan fingerprint density at radius 1 is 1.33 bits per heavy atom. The summed E-state index contributed by atoms with van der Waals surface area (Å²) in [7, 11) is 1.80. The van der Waals surface area contributed by atoms with Crippen LogP contribution in [0.1, 0.15) is 46.4 Å². The Kier molecular flexibility index (Phi) is 5.69. The maximum atomic E-state index is 5.72. The molecule has 3 rings (SSSR count). The summed E-state index contributed by atoms with van der Waals surface area (Å²) < 4.78 is 7.76. The van der Waals surface area contributed by atoms with Crippen molar-refractivity contribution in [3.8, 4) is 0 Å². The Labute approximate surface area is 161 Å². The fraction of sp³-hybridized carbons (Fsp3) is 0.650. The van der Waals surface area contributed by atoms with Gasteiger partial charge in [0.05, 0.1) is 5.60 Å². The minimum absolute atomic E-state index is 0.0539. The van der Waals surface area contributed by atoms with E-state index >= 15 is 0 Å². The van der Waals surface area contributed by atoms with Gasteiger partial charge in [-0.1, -0.05) is 19.9 Å². The van der Waals surface area contributed by atoms with Crippen molar-refractivity contribution in [2.75, 3.05) is 20.2 Å². The highest BCUT2D eigenvalue weighted by atomic mass is 16.5. The summed E-state index contributed by atoms with van der Waals surface area (Å²) in [4.78, 5) is 4.75. The second kappa shape index (κ2) is 7.84. The molecule has 1 aliphatic carbocycles. The molecule has 2 heterocycles. The topological polar surface area (TPSA) is 75.8 Å². The van der Waals surface area contributed by atoms with E-state index in [4.69, 9.17) is 9.73 Å². The molecule has 0 radical (unpaired) electrons. The fourth-order valence-corrected chi connectivity index (χ4v) is 3.70. The number of hydrogen-bond donors (Lipinski definition) is 2. The second-order valence-electron chi connectivity index (χ2n) is 7.97. The largest absolute Gasteiger partial charge is 0.378 e. The smallest absolute Gasteiger partial charge is 0.191 e. The van der Waals surface area contributed by atoms with Crippen LogP contribution in [-0.4, -0.2) is 52.4 Å². The summed E-state index contributed by atoms with van der Waals surface area (Å²) >= 11 is 0. The van der Waals surface area contributed by atoms with E-state index in [-0.39, 0.29) is 11.0 Å². The predicted octanol–water partition coefficient (Wildman–Crippen LogP) is 2.42. The lowest BCUT2D eigenvalue weighted by Crippen LogP contribution is -2.69. The lowest BCUT2D eigenvalue weighted by Gasteiger charge is -2.59. The molecule has 2 atom stereocenters. The molecule has 0 spiro atoms. The number of ether oxygens (including phenoxy) is 1. The molecular formula is C20H32N6O. The average molecular weight is 373 g/mol. The zero-order chi connectivity index (χ0) is 19.5. The molecule has 2 aromatic rings. The number of fused-ring (bicyclic) bond motifs is 1. The van der Waals surface area contributed by atoms with Gasteiger partial charge in [0.1, 0.15) is 5.82 Å². The number of nitrogens with zero attached hydrogens (tertiary/aromatic N) is 4. The van der Waals surface area contributed by atoms with E-state index in [0.29, 0.717) is 6.04 Å². The standard InChI is InChI=1S/C20H32N6O/c1-6-21-18(23-15-14-20(4,27-5)19(15,2)3)22-12-9-11-17-25-24-16-10-7-8-13-26(16)17/h7-8,10,13,15H,6,9,11-12,14H2,1-5H3,(H2,21,22,23). The van der Waals surface area contributed by atoms with Gasteiger partial charge in [0.2, 0.25) is 0 Å². The molecule has 2 unspecified atom stereocenters. The third-order valence-electron chi connectivity index (χ3n) is 6.15. The Hall–Kier alpha value is -2.15. The van der Waals surface area contributed by atoms with Crippen molar-refractivity contribution in [2.24, 2.45) is 10.4 Å². The first-order chi connectivity index (χ1) is 12.9. The summed E-state index contributed by atoms with van der Waals surface area (Å²) in [6.07, 6.45) is 4.76. The summed E-state index contributed by atoms with van der Waals surface area (Å²) in [6.45, 7) is 10.3. The molecule has 2 N–H and O–H groups in total. The van der Waals surface area contributed by atoms with Crippen LogP contribution in [0.3, 0.4) is 0 Å². The van der Waals surface area contributed by atoms with E-state index in [1.54, 1.807) is 7.11 Å². The highest BCUT2D eigenvalue weighted by molar-refractivity contribution is 5.80. The van der Waals surface area contributed by atoms with E-state index < -0.39 is 0 Å². The van der Waals surface area contributed by atoms with Crippen LogP contribution in [-0.2, 0) is 11.2 Å². The van der Waals surface area contributed by atoms with E-state index in [1.807, 2.05) is 28.8 Å². The van der Waals surface area contributed by atoms with Crippen molar-refractivity contribution in [3.05, 3.63) is 30.2 Å². The van der Waals surface area contributed by atoms with E-state index in [1.165, 1.54) is 0 Å². The molecule has 1 aliphatic rings. The van der Waals surface area contributed by atoms with Crippen molar-refractivity contribution in [3.63, 3.8) is 0 Å². The van der Waals surface area contributed by atoms with Crippen LogP contribution in [0.4, 0.5) is 0 Å². The van der Waals surface area contributed by atoms with Crippen LogP contribution in [0.5, 0.6) is 0 Å². The zero-order valence-corrected chi connectivity index (χ0v) is 17.1. The first-order valence-corrected chi connectivity index (χ1v) is 9.80. The minimum atomic E-state index is -0.0866. The Morgan fingerprint density at radius 3 is 2.85 bits per heavy atom. The Bertz CT molecular complexity index is 799. The van der Waals surface area contributed by atoms with Crippen LogP contribution in [0, 0.1) is 5.41 Å². The van der Waals surface area contributed by atoms with Gasteiger partial charge in [-0.3, -0.25) is 9.39 Å². The van der Waals surface area contributed by atoms with Gasteiger partial charge in [-0.15, -0.1) is 10.2 Å². The Morgan fingerprint density at radius 2 is 2.15 bits per heavy atom. The summed E-state index contributed by atoms with van der Waals surface area (Å²) in [5, 5.41) is 15.4. The van der Waals surface area contributed by atoms with Gasteiger partial charge < -0.3 is 15.4 Å². The molecule has 7 nitrogen and oxygen atoms in total. The predicted molar refractivity (Wildman–Crippen MR) is 108 cm³/mol. The maximum absolute atomic E-state index is 5.72. The molecule has 1 saturated carbocycles. The first-order valence-electron chi connectivity index (χ1n) is 9.80. The SMILES string of the molecule is CCNC(=NCCCc1nnc2ccccn12)NC1CC(C)(OC)C1(C)C. The van der Waals surface area contributed by atoms with Crippen LogP contribution >= 0.6 is 0 Å². The van der Waals surface area contributed by atoms with Crippen LogP contribution in [0.2, 0.25) is 0 Å². The molecule has 0 amide bonds. The number of aliphatic imine (C=N–C) groups is 1. The quantitative estimate of drug-likeness (QED) is 0.443. The van der Waals surface area contributed by atoms with Crippen LogP contribution < -0.4 is 10.6 Å². The van der Waals surface area contributed by atoms with Gasteiger partial charge in [0.25, 0.3) is 0 Å². The fourth-order valence-electron chi connectivity index (χ4n) is 3.70. The maximum Gasteiger partial charge on any atom is 0.191 e.